The molecule has 1 amide bonds. The Morgan fingerprint density at radius 3 is 2.70 bits per heavy atom. The first-order valence-corrected chi connectivity index (χ1v) is 9.41. The standard InChI is InChI=1S/C15H25N3O4S/c1-10(2)7-8-16-15(19)13-6-5-9-18(13)23(20,21)14-11(3)17-22-12(14)4/h10,13H,5-9H2,1-4H3,(H,16,19)/t13-/m1/s1. The van der Waals surface area contributed by atoms with Gasteiger partial charge in [0.15, 0.2) is 5.76 Å². The average molecular weight is 343 g/mol. The first-order chi connectivity index (χ1) is 10.7. The van der Waals surface area contributed by atoms with Crippen LogP contribution in [0.4, 0.5) is 0 Å². The van der Waals surface area contributed by atoms with Crippen molar-refractivity contribution in [1.29, 1.82) is 0 Å². The van der Waals surface area contributed by atoms with Crippen LogP contribution in [0.5, 0.6) is 0 Å². The van der Waals surface area contributed by atoms with Crippen LogP contribution in [-0.2, 0) is 14.8 Å². The number of aromatic nitrogens is 1. The Bertz CT molecular complexity index is 647. The van der Waals surface area contributed by atoms with Crippen molar-refractivity contribution in [3.05, 3.63) is 11.5 Å². The van der Waals surface area contributed by atoms with Gasteiger partial charge in [0.05, 0.1) is 0 Å². The summed E-state index contributed by atoms with van der Waals surface area (Å²) in [6, 6.07) is -0.652. The highest BCUT2D eigenvalue weighted by atomic mass is 32.2. The minimum atomic E-state index is -3.78. The Balaban J connectivity index is 2.16. The van der Waals surface area contributed by atoms with Crippen molar-refractivity contribution < 1.29 is 17.7 Å². The quantitative estimate of drug-likeness (QED) is 0.847. The molecule has 2 heterocycles. The van der Waals surface area contributed by atoms with Gasteiger partial charge in [0, 0.05) is 13.1 Å². The molecule has 0 spiro atoms. The lowest BCUT2D eigenvalue weighted by atomic mass is 10.1. The zero-order chi connectivity index (χ0) is 17.2. The van der Waals surface area contributed by atoms with Crippen LogP contribution in [0.1, 0.15) is 44.6 Å². The van der Waals surface area contributed by atoms with E-state index in [-0.39, 0.29) is 16.6 Å². The van der Waals surface area contributed by atoms with Crippen LogP contribution in [0.3, 0.4) is 0 Å². The number of nitrogens with zero attached hydrogens (tertiary/aromatic N) is 2. The molecule has 1 atom stereocenters. The Hall–Kier alpha value is -1.41. The molecule has 1 aliphatic heterocycles. The summed E-state index contributed by atoms with van der Waals surface area (Å²) in [5.74, 6) is 0.521. The molecule has 0 aromatic carbocycles. The van der Waals surface area contributed by atoms with Crippen molar-refractivity contribution in [3.8, 4) is 0 Å². The minimum absolute atomic E-state index is 0.0828. The highest BCUT2D eigenvalue weighted by Crippen LogP contribution is 2.29. The van der Waals surface area contributed by atoms with Crippen LogP contribution >= 0.6 is 0 Å². The van der Waals surface area contributed by atoms with Gasteiger partial charge < -0.3 is 9.84 Å². The van der Waals surface area contributed by atoms with E-state index in [0.717, 1.165) is 6.42 Å². The van der Waals surface area contributed by atoms with Gasteiger partial charge in [0.25, 0.3) is 0 Å². The number of carbonyl (C=O) groups excluding carboxylic acids is 1. The second-order valence-corrected chi connectivity index (χ2v) is 8.23. The molecule has 0 bridgehead atoms. The first-order valence-electron chi connectivity index (χ1n) is 7.97. The van der Waals surface area contributed by atoms with Gasteiger partial charge in [0.2, 0.25) is 15.9 Å². The van der Waals surface area contributed by atoms with Gasteiger partial charge in [-0.2, -0.15) is 4.31 Å². The predicted octanol–water partition coefficient (Wildman–Crippen LogP) is 1.61. The van der Waals surface area contributed by atoms with Crippen molar-refractivity contribution in [2.24, 2.45) is 5.92 Å². The van der Waals surface area contributed by atoms with Crippen LogP contribution < -0.4 is 5.32 Å². The van der Waals surface area contributed by atoms with Crippen molar-refractivity contribution in [3.63, 3.8) is 0 Å². The Morgan fingerprint density at radius 2 is 2.13 bits per heavy atom. The number of hydrogen-bond donors (Lipinski definition) is 1. The van der Waals surface area contributed by atoms with E-state index in [0.29, 0.717) is 37.5 Å². The highest BCUT2D eigenvalue weighted by molar-refractivity contribution is 7.89. The Labute approximate surface area is 137 Å². The molecule has 1 aromatic heterocycles. The van der Waals surface area contributed by atoms with Gasteiger partial charge in [-0.1, -0.05) is 19.0 Å². The van der Waals surface area contributed by atoms with E-state index in [2.05, 4.69) is 24.3 Å². The van der Waals surface area contributed by atoms with E-state index >= 15 is 0 Å². The molecule has 7 nitrogen and oxygen atoms in total. The van der Waals surface area contributed by atoms with Crippen molar-refractivity contribution in [2.45, 2.75) is 57.9 Å². The van der Waals surface area contributed by atoms with Crippen molar-refractivity contribution >= 4 is 15.9 Å². The largest absolute Gasteiger partial charge is 0.360 e. The van der Waals surface area contributed by atoms with Gasteiger partial charge in [0.1, 0.15) is 16.6 Å². The second kappa shape index (κ2) is 7.00. The van der Waals surface area contributed by atoms with Gasteiger partial charge in [-0.25, -0.2) is 8.42 Å². The van der Waals surface area contributed by atoms with E-state index in [1.54, 1.807) is 13.8 Å². The monoisotopic (exact) mass is 343 g/mol. The van der Waals surface area contributed by atoms with Crippen LogP contribution in [0.15, 0.2) is 9.42 Å². The number of nitrogens with one attached hydrogen (secondary N) is 1. The fourth-order valence-corrected chi connectivity index (χ4v) is 4.80. The SMILES string of the molecule is Cc1noc(C)c1S(=O)(=O)N1CCC[C@@H]1C(=O)NCCC(C)C. The maximum Gasteiger partial charge on any atom is 0.249 e. The summed E-state index contributed by atoms with van der Waals surface area (Å²) in [4.78, 5) is 12.4. The normalized spacial score (nSPS) is 19.4. The fraction of sp³-hybridized carbons (Fsp3) is 0.733. The summed E-state index contributed by atoms with van der Waals surface area (Å²) < 4.78 is 32.0. The number of sulfonamides is 1. The number of carbonyl (C=O) groups is 1. The smallest absolute Gasteiger partial charge is 0.249 e. The molecule has 1 aliphatic rings. The van der Waals surface area contributed by atoms with E-state index in [4.69, 9.17) is 4.52 Å². The maximum absolute atomic E-state index is 12.9. The molecule has 0 aliphatic carbocycles. The van der Waals surface area contributed by atoms with Gasteiger partial charge in [-0.3, -0.25) is 4.79 Å². The Morgan fingerprint density at radius 1 is 1.43 bits per heavy atom. The molecule has 0 radical (unpaired) electrons. The number of amides is 1. The van der Waals surface area contributed by atoms with E-state index in [1.165, 1.54) is 4.31 Å². The molecule has 1 aromatic rings. The lowest BCUT2D eigenvalue weighted by molar-refractivity contribution is -0.124. The maximum atomic E-state index is 12.9. The third-order valence-corrected chi connectivity index (χ3v) is 6.22. The first kappa shape index (κ1) is 17.9. The second-order valence-electron chi connectivity index (χ2n) is 6.40. The minimum Gasteiger partial charge on any atom is -0.360 e. The van der Waals surface area contributed by atoms with Crippen LogP contribution in [0.25, 0.3) is 0 Å². The summed E-state index contributed by atoms with van der Waals surface area (Å²) in [5.41, 5.74) is 0.327. The van der Waals surface area contributed by atoms with E-state index < -0.39 is 16.1 Å². The van der Waals surface area contributed by atoms with Crippen molar-refractivity contribution in [2.75, 3.05) is 13.1 Å². The third kappa shape index (κ3) is 3.74. The molecule has 1 saturated heterocycles. The van der Waals surface area contributed by atoms with Crippen LogP contribution in [-0.4, -0.2) is 42.9 Å². The van der Waals surface area contributed by atoms with Gasteiger partial charge in [-0.05, 0) is 39.0 Å². The Kier molecular flexibility index (Phi) is 5.46. The molecule has 0 saturated carbocycles. The van der Waals surface area contributed by atoms with Crippen molar-refractivity contribution in [1.82, 2.24) is 14.8 Å². The number of rotatable bonds is 6. The zero-order valence-corrected chi connectivity index (χ0v) is 14.9. The number of aryl methyl sites for hydroxylation is 2. The zero-order valence-electron chi connectivity index (χ0n) is 14.1. The average Bonchev–Trinajstić information content (AvgIpc) is 3.05. The topological polar surface area (TPSA) is 92.5 Å². The van der Waals surface area contributed by atoms with Gasteiger partial charge >= 0.3 is 0 Å². The van der Waals surface area contributed by atoms with E-state index in [9.17, 15) is 13.2 Å². The fourth-order valence-electron chi connectivity index (χ4n) is 2.85. The highest BCUT2D eigenvalue weighted by Gasteiger charge is 2.41. The summed E-state index contributed by atoms with van der Waals surface area (Å²) in [5, 5.41) is 6.56. The van der Waals surface area contributed by atoms with E-state index in [1.807, 2.05) is 0 Å². The molecule has 23 heavy (non-hydrogen) atoms. The molecule has 0 unspecified atom stereocenters. The molecule has 2 rings (SSSR count). The number of hydrogen-bond acceptors (Lipinski definition) is 5. The third-order valence-electron chi connectivity index (χ3n) is 4.06. The molecule has 1 N–H and O–H groups in total. The predicted molar refractivity (Wildman–Crippen MR) is 85.4 cm³/mol. The molecule has 1 fully saturated rings. The summed E-state index contributed by atoms with van der Waals surface area (Å²) in [6.45, 7) is 8.23. The molecular formula is C15H25N3O4S. The summed E-state index contributed by atoms with van der Waals surface area (Å²) >= 11 is 0. The lowest BCUT2D eigenvalue weighted by Crippen LogP contribution is -2.46. The lowest BCUT2D eigenvalue weighted by Gasteiger charge is -2.23. The van der Waals surface area contributed by atoms with Gasteiger partial charge in [-0.15, -0.1) is 0 Å². The molecular weight excluding hydrogens is 318 g/mol. The summed E-state index contributed by atoms with van der Waals surface area (Å²) in [6.07, 6.45) is 2.08. The summed E-state index contributed by atoms with van der Waals surface area (Å²) in [7, 11) is -3.78. The van der Waals surface area contributed by atoms with Crippen LogP contribution in [0.2, 0.25) is 0 Å². The van der Waals surface area contributed by atoms with Crippen LogP contribution in [0, 0.1) is 19.8 Å². The molecule has 8 heteroatoms. The molecule has 130 valence electrons.